The van der Waals surface area contributed by atoms with Gasteiger partial charge in [-0.1, -0.05) is 12.1 Å². The maximum absolute atomic E-state index is 13.7. The molecule has 0 bridgehead atoms. The monoisotopic (exact) mass is 405 g/mol. The summed E-state index contributed by atoms with van der Waals surface area (Å²) in [5, 5.41) is 13.0. The first-order valence-electron chi connectivity index (χ1n) is 8.20. The lowest BCUT2D eigenvalue weighted by Gasteiger charge is -2.13. The molecule has 10 heteroatoms. The second-order valence-electron chi connectivity index (χ2n) is 5.82. The van der Waals surface area contributed by atoms with Gasteiger partial charge in [0.25, 0.3) is 5.56 Å². The molecule has 28 heavy (non-hydrogen) atoms. The summed E-state index contributed by atoms with van der Waals surface area (Å²) in [6.07, 6.45) is 0.245. The number of halogens is 1. The number of anilines is 1. The van der Waals surface area contributed by atoms with E-state index in [1.54, 1.807) is 6.07 Å². The zero-order valence-electron chi connectivity index (χ0n) is 14.8. The minimum Gasteiger partial charge on any atom is -0.478 e. The Bertz CT molecular complexity index is 1110. The van der Waals surface area contributed by atoms with Gasteiger partial charge in [-0.2, -0.15) is 0 Å². The van der Waals surface area contributed by atoms with Gasteiger partial charge < -0.3 is 15.2 Å². The van der Waals surface area contributed by atoms with Gasteiger partial charge in [-0.25, -0.2) is 14.2 Å². The Balaban J connectivity index is 2.01. The Morgan fingerprint density at radius 1 is 1.36 bits per heavy atom. The number of carbonyl (C=O) groups is 2. The Hall–Kier alpha value is -3.11. The largest absolute Gasteiger partial charge is 0.478 e. The van der Waals surface area contributed by atoms with E-state index in [0.29, 0.717) is 0 Å². The van der Waals surface area contributed by atoms with Crippen molar-refractivity contribution in [2.75, 3.05) is 19.0 Å². The minimum absolute atomic E-state index is 0.0187. The minimum atomic E-state index is -1.25. The van der Waals surface area contributed by atoms with Gasteiger partial charge >= 0.3 is 5.97 Å². The third-order valence-corrected chi connectivity index (χ3v) is 4.85. The summed E-state index contributed by atoms with van der Waals surface area (Å²) in [4.78, 5) is 41.3. The first-order valence-corrected chi connectivity index (χ1v) is 9.08. The SMILES string of the molecule is COCCc1nc2scc(C(=O)O)c2c(=O)n1CC(=O)Nc1ccccc1F. The van der Waals surface area contributed by atoms with E-state index in [9.17, 15) is 23.9 Å². The Morgan fingerprint density at radius 2 is 2.11 bits per heavy atom. The Morgan fingerprint density at radius 3 is 2.79 bits per heavy atom. The van der Waals surface area contributed by atoms with Crippen LogP contribution < -0.4 is 10.9 Å². The van der Waals surface area contributed by atoms with Crippen molar-refractivity contribution in [3.8, 4) is 0 Å². The number of hydrogen-bond acceptors (Lipinski definition) is 6. The molecule has 0 unspecified atom stereocenters. The van der Waals surface area contributed by atoms with Crippen molar-refractivity contribution in [2.24, 2.45) is 0 Å². The van der Waals surface area contributed by atoms with Crippen LogP contribution in [0.1, 0.15) is 16.2 Å². The molecule has 0 aliphatic carbocycles. The van der Waals surface area contributed by atoms with Crippen molar-refractivity contribution in [2.45, 2.75) is 13.0 Å². The number of nitrogens with zero attached hydrogens (tertiary/aromatic N) is 2. The lowest BCUT2D eigenvalue weighted by molar-refractivity contribution is -0.116. The first kappa shape index (κ1) is 19.6. The van der Waals surface area contributed by atoms with E-state index in [1.165, 1.54) is 30.7 Å². The number of ether oxygens (including phenoxy) is 1. The van der Waals surface area contributed by atoms with Gasteiger partial charge in [-0.15, -0.1) is 11.3 Å². The third-order valence-electron chi connectivity index (χ3n) is 3.98. The van der Waals surface area contributed by atoms with Gasteiger partial charge in [-0.3, -0.25) is 14.2 Å². The fraction of sp³-hybridized carbons (Fsp3) is 0.222. The molecular formula is C18H16FN3O5S. The Labute approximate surface area is 162 Å². The molecule has 0 fully saturated rings. The van der Waals surface area contributed by atoms with E-state index in [-0.39, 0.29) is 40.3 Å². The molecule has 146 valence electrons. The normalized spacial score (nSPS) is 10.9. The number of para-hydroxylation sites is 1. The van der Waals surface area contributed by atoms with Gasteiger partial charge in [0, 0.05) is 18.9 Å². The number of carboxylic acids is 1. The average molecular weight is 405 g/mol. The Kier molecular flexibility index (Phi) is 5.81. The van der Waals surface area contributed by atoms with E-state index in [0.717, 1.165) is 15.9 Å². The number of fused-ring (bicyclic) bond motifs is 1. The average Bonchev–Trinajstić information content (AvgIpc) is 3.09. The second-order valence-corrected chi connectivity index (χ2v) is 6.68. The van der Waals surface area contributed by atoms with Crippen molar-refractivity contribution in [1.82, 2.24) is 9.55 Å². The van der Waals surface area contributed by atoms with Crippen molar-refractivity contribution in [1.29, 1.82) is 0 Å². The van der Waals surface area contributed by atoms with Gasteiger partial charge in [0.1, 0.15) is 23.0 Å². The van der Waals surface area contributed by atoms with Crippen LogP contribution in [0.2, 0.25) is 0 Å². The predicted octanol–water partition coefficient (Wildman–Crippen LogP) is 2.12. The maximum atomic E-state index is 13.7. The first-order chi connectivity index (χ1) is 13.4. The molecule has 1 aromatic carbocycles. The molecule has 0 saturated carbocycles. The maximum Gasteiger partial charge on any atom is 0.337 e. The third kappa shape index (κ3) is 3.92. The van der Waals surface area contributed by atoms with Crippen LogP contribution in [0, 0.1) is 5.82 Å². The summed E-state index contributed by atoms with van der Waals surface area (Å²) in [6, 6.07) is 5.64. The van der Waals surface area contributed by atoms with Crippen LogP contribution in [0.3, 0.4) is 0 Å². The summed E-state index contributed by atoms with van der Waals surface area (Å²) in [6.45, 7) is -0.186. The molecule has 0 aliphatic heterocycles. The lowest BCUT2D eigenvalue weighted by Crippen LogP contribution is -2.32. The van der Waals surface area contributed by atoms with Crippen LogP contribution >= 0.6 is 11.3 Å². The summed E-state index contributed by atoms with van der Waals surface area (Å²) in [5.41, 5.74) is -0.827. The van der Waals surface area contributed by atoms with Crippen LogP contribution in [0.5, 0.6) is 0 Å². The van der Waals surface area contributed by atoms with E-state index in [1.807, 2.05) is 0 Å². The molecule has 2 N–H and O–H groups in total. The zero-order valence-corrected chi connectivity index (χ0v) is 15.6. The number of amides is 1. The molecule has 3 rings (SSSR count). The van der Waals surface area contributed by atoms with Gasteiger partial charge in [-0.05, 0) is 12.1 Å². The highest BCUT2D eigenvalue weighted by molar-refractivity contribution is 7.17. The fourth-order valence-corrected chi connectivity index (χ4v) is 3.59. The van der Waals surface area contributed by atoms with Gasteiger partial charge in [0.05, 0.1) is 23.2 Å². The number of aromatic carboxylic acids is 1. The topological polar surface area (TPSA) is 111 Å². The van der Waals surface area contributed by atoms with Gasteiger partial charge in [0.2, 0.25) is 5.91 Å². The molecule has 8 nitrogen and oxygen atoms in total. The smallest absolute Gasteiger partial charge is 0.337 e. The number of carbonyl (C=O) groups excluding carboxylic acids is 1. The number of benzene rings is 1. The number of methoxy groups -OCH3 is 1. The van der Waals surface area contributed by atoms with Crippen LogP contribution in [0.4, 0.5) is 10.1 Å². The van der Waals surface area contributed by atoms with E-state index in [4.69, 9.17) is 4.74 Å². The molecule has 2 heterocycles. The molecule has 3 aromatic rings. The van der Waals surface area contributed by atoms with Crippen LogP contribution in [0.25, 0.3) is 10.2 Å². The highest BCUT2D eigenvalue weighted by Crippen LogP contribution is 2.22. The highest BCUT2D eigenvalue weighted by atomic mass is 32.1. The number of rotatable bonds is 7. The highest BCUT2D eigenvalue weighted by Gasteiger charge is 2.21. The summed E-state index contributed by atoms with van der Waals surface area (Å²) in [5.74, 6) is -2.22. The number of thiophene rings is 1. The van der Waals surface area contributed by atoms with E-state index < -0.39 is 29.8 Å². The number of carboxylic acid groups (broad SMARTS) is 1. The molecule has 0 saturated heterocycles. The van der Waals surface area contributed by atoms with Crippen molar-refractivity contribution < 1.29 is 23.8 Å². The summed E-state index contributed by atoms with van der Waals surface area (Å²) in [7, 11) is 1.49. The fourth-order valence-electron chi connectivity index (χ4n) is 2.67. The number of aromatic nitrogens is 2. The quantitative estimate of drug-likeness (QED) is 0.623. The van der Waals surface area contributed by atoms with Gasteiger partial charge in [0.15, 0.2) is 0 Å². The lowest BCUT2D eigenvalue weighted by atomic mass is 10.2. The molecular weight excluding hydrogens is 389 g/mol. The standard InChI is InChI=1S/C18H16FN3O5S/c1-27-7-6-13-21-16-15(10(9-28-16)18(25)26)17(24)22(13)8-14(23)20-12-5-3-2-4-11(12)19/h2-5,9H,6-8H2,1H3,(H,20,23)(H,25,26). The molecule has 0 spiro atoms. The van der Waals surface area contributed by atoms with Crippen molar-refractivity contribution in [3.05, 3.63) is 57.2 Å². The summed E-state index contributed by atoms with van der Waals surface area (Å²) >= 11 is 1.04. The van der Waals surface area contributed by atoms with Crippen LogP contribution in [-0.2, 0) is 22.5 Å². The number of nitrogens with one attached hydrogen (secondary N) is 1. The summed E-state index contributed by atoms with van der Waals surface area (Å²) < 4.78 is 19.9. The number of hydrogen-bond donors (Lipinski definition) is 2. The van der Waals surface area contributed by atoms with E-state index in [2.05, 4.69) is 10.3 Å². The molecule has 1 amide bonds. The van der Waals surface area contributed by atoms with E-state index >= 15 is 0 Å². The molecule has 0 radical (unpaired) electrons. The van der Waals surface area contributed by atoms with Crippen LogP contribution in [0.15, 0.2) is 34.4 Å². The van der Waals surface area contributed by atoms with Crippen LogP contribution in [-0.4, -0.2) is 40.3 Å². The van der Waals surface area contributed by atoms with Crippen molar-refractivity contribution in [3.63, 3.8) is 0 Å². The predicted molar refractivity (Wildman–Crippen MR) is 101 cm³/mol. The van der Waals surface area contributed by atoms with Crippen molar-refractivity contribution >= 4 is 39.1 Å². The second kappa shape index (κ2) is 8.28. The molecule has 0 atom stereocenters. The zero-order chi connectivity index (χ0) is 20.3. The molecule has 2 aromatic heterocycles. The molecule has 0 aliphatic rings.